The summed E-state index contributed by atoms with van der Waals surface area (Å²) < 4.78 is 11.3. The number of esters is 1. The lowest BCUT2D eigenvalue weighted by atomic mass is 10.1. The Morgan fingerprint density at radius 1 is 0.903 bits per heavy atom. The molecule has 0 radical (unpaired) electrons. The Morgan fingerprint density at radius 3 is 2.35 bits per heavy atom. The summed E-state index contributed by atoms with van der Waals surface area (Å²) in [5.41, 5.74) is 0.917. The third-order valence-corrected chi connectivity index (χ3v) is 5.23. The van der Waals surface area contributed by atoms with Crippen molar-refractivity contribution >= 4 is 57.8 Å². The third kappa shape index (κ3) is 4.67. The number of halogens is 3. The van der Waals surface area contributed by atoms with Gasteiger partial charge in [-0.15, -0.1) is 0 Å². The summed E-state index contributed by atoms with van der Waals surface area (Å²) in [4.78, 5) is 25.7. The number of carbonyl (C=O) groups excluding carboxylic acids is 1. The van der Waals surface area contributed by atoms with Crippen LogP contribution in [-0.2, 0) is 4.79 Å². The molecule has 0 saturated heterocycles. The topological polar surface area (TPSA) is 56.5 Å². The van der Waals surface area contributed by atoms with E-state index in [0.29, 0.717) is 26.2 Å². The van der Waals surface area contributed by atoms with Crippen LogP contribution in [0, 0.1) is 0 Å². The van der Waals surface area contributed by atoms with Crippen LogP contribution in [0.2, 0.25) is 15.1 Å². The Morgan fingerprint density at radius 2 is 1.61 bits per heavy atom. The van der Waals surface area contributed by atoms with Crippen LogP contribution in [0.25, 0.3) is 28.4 Å². The van der Waals surface area contributed by atoms with Gasteiger partial charge < -0.3 is 9.15 Å². The molecule has 0 N–H and O–H groups in total. The Labute approximate surface area is 192 Å². The van der Waals surface area contributed by atoms with Gasteiger partial charge in [-0.05, 0) is 54.1 Å². The van der Waals surface area contributed by atoms with Crippen molar-refractivity contribution in [3.63, 3.8) is 0 Å². The maximum absolute atomic E-state index is 13.2. The minimum absolute atomic E-state index is 0.0543. The minimum atomic E-state index is -0.753. The number of ether oxygens (including phenoxy) is 1. The molecule has 0 aliphatic heterocycles. The molecule has 0 unspecified atom stereocenters. The van der Waals surface area contributed by atoms with E-state index in [0.717, 1.165) is 5.56 Å². The van der Waals surface area contributed by atoms with Crippen LogP contribution in [0.3, 0.4) is 0 Å². The number of hydrogen-bond acceptors (Lipinski definition) is 4. The van der Waals surface area contributed by atoms with Gasteiger partial charge in [0.05, 0.1) is 10.4 Å². The molecule has 31 heavy (non-hydrogen) atoms. The lowest BCUT2D eigenvalue weighted by molar-refractivity contribution is -0.129. The predicted octanol–water partition coefficient (Wildman–Crippen LogP) is 7.04. The van der Waals surface area contributed by atoms with Gasteiger partial charge >= 0.3 is 5.97 Å². The van der Waals surface area contributed by atoms with Crippen LogP contribution in [0.15, 0.2) is 82.0 Å². The zero-order valence-corrected chi connectivity index (χ0v) is 18.0. The van der Waals surface area contributed by atoms with E-state index in [-0.39, 0.29) is 16.9 Å². The maximum Gasteiger partial charge on any atom is 0.336 e. The first kappa shape index (κ1) is 21.2. The van der Waals surface area contributed by atoms with Gasteiger partial charge in [0.15, 0.2) is 5.76 Å². The predicted molar refractivity (Wildman–Crippen MR) is 124 cm³/mol. The van der Waals surface area contributed by atoms with Crippen LogP contribution in [0.1, 0.15) is 5.56 Å². The van der Waals surface area contributed by atoms with Crippen LogP contribution in [-0.4, -0.2) is 5.97 Å². The number of carbonyl (C=O) groups is 1. The van der Waals surface area contributed by atoms with Gasteiger partial charge in [0.2, 0.25) is 11.2 Å². The molecule has 4 nitrogen and oxygen atoms in total. The quantitative estimate of drug-likeness (QED) is 0.237. The van der Waals surface area contributed by atoms with Crippen LogP contribution in [0.5, 0.6) is 5.75 Å². The number of hydrogen-bond donors (Lipinski definition) is 0. The van der Waals surface area contributed by atoms with E-state index in [4.69, 9.17) is 44.0 Å². The van der Waals surface area contributed by atoms with Gasteiger partial charge in [-0.25, -0.2) is 4.79 Å². The fourth-order valence-corrected chi connectivity index (χ4v) is 3.46. The molecule has 0 spiro atoms. The second-order valence-corrected chi connectivity index (χ2v) is 7.80. The Hall–Kier alpha value is -3.05. The average Bonchev–Trinajstić information content (AvgIpc) is 2.76. The van der Waals surface area contributed by atoms with Gasteiger partial charge in [-0.2, -0.15) is 0 Å². The third-order valence-electron chi connectivity index (χ3n) is 4.41. The first-order valence-electron chi connectivity index (χ1n) is 9.09. The zero-order valence-electron chi connectivity index (χ0n) is 15.8. The van der Waals surface area contributed by atoms with Gasteiger partial charge in [-0.1, -0.05) is 59.1 Å². The smallest absolute Gasteiger partial charge is 0.336 e. The number of fused-ring (bicyclic) bond motifs is 1. The van der Waals surface area contributed by atoms with E-state index in [1.807, 2.05) is 0 Å². The standard InChI is InChI=1S/C24H13Cl3O4/c25-15-8-5-14(6-9-15)7-12-21(28)31-24-22(29)18-13-16(26)10-11-20(18)30-23(24)17-3-1-2-4-19(17)27/h1-13H. The molecule has 0 amide bonds. The second kappa shape index (κ2) is 8.98. The number of benzene rings is 3. The molecular formula is C24H13Cl3O4. The summed E-state index contributed by atoms with van der Waals surface area (Å²) in [6.45, 7) is 0. The summed E-state index contributed by atoms with van der Waals surface area (Å²) >= 11 is 18.2. The van der Waals surface area contributed by atoms with Crippen molar-refractivity contribution in [1.29, 1.82) is 0 Å². The molecule has 0 aliphatic rings. The van der Waals surface area contributed by atoms with Gasteiger partial charge in [-0.3, -0.25) is 4.79 Å². The van der Waals surface area contributed by atoms with Crippen molar-refractivity contribution in [3.8, 4) is 17.1 Å². The summed E-state index contributed by atoms with van der Waals surface area (Å²) in [6.07, 6.45) is 2.76. The molecule has 154 valence electrons. The number of rotatable bonds is 4. The molecule has 4 rings (SSSR count). The van der Waals surface area contributed by atoms with Crippen molar-refractivity contribution in [2.24, 2.45) is 0 Å². The fraction of sp³-hybridized carbons (Fsp3) is 0. The average molecular weight is 472 g/mol. The Bertz CT molecular complexity index is 1370. The second-order valence-electron chi connectivity index (χ2n) is 6.52. The molecule has 0 aliphatic carbocycles. The summed E-state index contributed by atoms with van der Waals surface area (Å²) in [6, 6.07) is 18.3. The molecule has 0 saturated carbocycles. The van der Waals surface area contributed by atoms with Gasteiger partial charge in [0.25, 0.3) is 0 Å². The van der Waals surface area contributed by atoms with E-state index in [2.05, 4.69) is 0 Å². The van der Waals surface area contributed by atoms with E-state index >= 15 is 0 Å². The molecule has 1 heterocycles. The van der Waals surface area contributed by atoms with Gasteiger partial charge in [0.1, 0.15) is 5.58 Å². The molecule has 1 aromatic heterocycles. The molecule has 7 heteroatoms. The molecule has 0 fully saturated rings. The lowest BCUT2D eigenvalue weighted by Crippen LogP contribution is -2.14. The normalized spacial score (nSPS) is 11.2. The first-order valence-corrected chi connectivity index (χ1v) is 10.2. The monoisotopic (exact) mass is 470 g/mol. The van der Waals surface area contributed by atoms with Crippen molar-refractivity contribution < 1.29 is 13.9 Å². The Balaban J connectivity index is 1.79. The fourth-order valence-electron chi connectivity index (χ4n) is 2.94. The summed E-state index contributed by atoms with van der Waals surface area (Å²) in [7, 11) is 0. The summed E-state index contributed by atoms with van der Waals surface area (Å²) in [5, 5.41) is 1.46. The molecule has 0 atom stereocenters. The van der Waals surface area contributed by atoms with E-state index < -0.39 is 11.4 Å². The first-order chi connectivity index (χ1) is 14.9. The SMILES string of the molecule is O=C(C=Cc1ccc(Cl)cc1)Oc1c(-c2ccccc2Cl)oc2ccc(Cl)cc2c1=O. The molecule has 0 bridgehead atoms. The largest absolute Gasteiger partial charge is 0.452 e. The van der Waals surface area contributed by atoms with E-state index in [1.165, 1.54) is 12.1 Å². The van der Waals surface area contributed by atoms with Crippen LogP contribution in [0.4, 0.5) is 0 Å². The molecular weight excluding hydrogens is 459 g/mol. The lowest BCUT2D eigenvalue weighted by Gasteiger charge is -2.11. The van der Waals surface area contributed by atoms with Gasteiger partial charge in [0, 0.05) is 21.7 Å². The highest BCUT2D eigenvalue weighted by Gasteiger charge is 2.21. The van der Waals surface area contributed by atoms with Crippen LogP contribution >= 0.6 is 34.8 Å². The Kier molecular flexibility index (Phi) is 6.14. The van der Waals surface area contributed by atoms with Crippen molar-refractivity contribution in [3.05, 3.63) is 104 Å². The highest BCUT2D eigenvalue weighted by Crippen LogP contribution is 2.35. The van der Waals surface area contributed by atoms with E-state index in [9.17, 15) is 9.59 Å². The van der Waals surface area contributed by atoms with Crippen molar-refractivity contribution in [2.45, 2.75) is 0 Å². The summed E-state index contributed by atoms with van der Waals surface area (Å²) in [5.74, 6) is -0.968. The minimum Gasteiger partial charge on any atom is -0.452 e. The van der Waals surface area contributed by atoms with Crippen molar-refractivity contribution in [2.75, 3.05) is 0 Å². The highest BCUT2D eigenvalue weighted by atomic mass is 35.5. The molecule has 4 aromatic rings. The maximum atomic E-state index is 13.2. The highest BCUT2D eigenvalue weighted by molar-refractivity contribution is 6.33. The molecule has 3 aromatic carbocycles. The zero-order chi connectivity index (χ0) is 22.0. The van der Waals surface area contributed by atoms with Crippen molar-refractivity contribution in [1.82, 2.24) is 0 Å². The van der Waals surface area contributed by atoms with E-state index in [1.54, 1.807) is 66.7 Å². The van der Waals surface area contributed by atoms with Crippen LogP contribution < -0.4 is 10.2 Å².